The Bertz CT molecular complexity index is 659. The molecule has 0 bridgehead atoms. The molecular formula is C15H13NO6. The average molecular weight is 303 g/mol. The summed E-state index contributed by atoms with van der Waals surface area (Å²) in [5.41, 5.74) is 0.906. The first kappa shape index (κ1) is 15.4. The van der Waals surface area contributed by atoms with Gasteiger partial charge in [-0.05, 0) is 30.7 Å². The molecule has 2 rings (SSSR count). The molecule has 7 nitrogen and oxygen atoms in total. The fraction of sp³-hybridized carbons (Fsp3) is 0.200. The van der Waals surface area contributed by atoms with E-state index in [0.717, 1.165) is 0 Å². The first-order chi connectivity index (χ1) is 10.5. The molecule has 0 N–H and O–H groups in total. The molecule has 0 spiro atoms. The Morgan fingerprint density at radius 1 is 1.41 bits per heavy atom. The van der Waals surface area contributed by atoms with Crippen LogP contribution in [0.25, 0.3) is 6.08 Å². The van der Waals surface area contributed by atoms with E-state index < -0.39 is 23.0 Å². The second-order valence-electron chi connectivity index (χ2n) is 4.45. The third-order valence-corrected chi connectivity index (χ3v) is 3.03. The van der Waals surface area contributed by atoms with Gasteiger partial charge in [-0.25, -0.2) is 9.59 Å². The van der Waals surface area contributed by atoms with E-state index in [4.69, 9.17) is 9.47 Å². The van der Waals surface area contributed by atoms with Crippen molar-refractivity contribution in [2.75, 3.05) is 6.61 Å². The lowest BCUT2D eigenvalue weighted by Crippen LogP contribution is -2.18. The molecule has 1 aromatic carbocycles. The van der Waals surface area contributed by atoms with Crippen LogP contribution in [-0.2, 0) is 19.1 Å². The number of rotatable bonds is 4. The first-order valence-corrected chi connectivity index (χ1v) is 6.47. The van der Waals surface area contributed by atoms with Crippen LogP contribution in [0.3, 0.4) is 0 Å². The Hall–Kier alpha value is -2.96. The van der Waals surface area contributed by atoms with E-state index in [1.165, 1.54) is 36.4 Å². The van der Waals surface area contributed by atoms with Gasteiger partial charge in [0.25, 0.3) is 5.69 Å². The summed E-state index contributed by atoms with van der Waals surface area (Å²) in [4.78, 5) is 33.0. The van der Waals surface area contributed by atoms with Gasteiger partial charge < -0.3 is 9.47 Å². The third kappa shape index (κ3) is 3.57. The third-order valence-electron chi connectivity index (χ3n) is 3.03. The summed E-state index contributed by atoms with van der Waals surface area (Å²) in [6.45, 7) is 1.67. The fourth-order valence-electron chi connectivity index (χ4n) is 1.91. The number of allylic oxidation sites excluding steroid dienone is 1. The number of carbonyl (C=O) groups is 2. The van der Waals surface area contributed by atoms with E-state index in [1.807, 2.05) is 0 Å². The molecule has 0 aliphatic carbocycles. The molecule has 1 atom stereocenters. The average Bonchev–Trinajstić information content (AvgIpc) is 2.85. The zero-order valence-electron chi connectivity index (χ0n) is 11.7. The van der Waals surface area contributed by atoms with E-state index >= 15 is 0 Å². The minimum Gasteiger partial charge on any atom is -0.458 e. The lowest BCUT2D eigenvalue weighted by Gasteiger charge is -2.07. The Morgan fingerprint density at radius 2 is 2.09 bits per heavy atom. The van der Waals surface area contributed by atoms with Crippen LogP contribution in [0.1, 0.15) is 12.5 Å². The second kappa shape index (κ2) is 6.66. The summed E-state index contributed by atoms with van der Waals surface area (Å²) in [7, 11) is 0. The smallest absolute Gasteiger partial charge is 0.337 e. The number of non-ortho nitro benzene ring substituents is 1. The Balaban J connectivity index is 1.97. The summed E-state index contributed by atoms with van der Waals surface area (Å²) in [5, 5.41) is 10.5. The number of benzene rings is 1. The highest BCUT2D eigenvalue weighted by molar-refractivity contribution is 5.93. The van der Waals surface area contributed by atoms with Crippen LogP contribution in [-0.4, -0.2) is 29.6 Å². The highest BCUT2D eigenvalue weighted by atomic mass is 16.6. The van der Waals surface area contributed by atoms with Crippen LogP contribution in [0, 0.1) is 10.1 Å². The summed E-state index contributed by atoms with van der Waals surface area (Å²) in [5.74, 6) is -1.11. The largest absolute Gasteiger partial charge is 0.458 e. The molecule has 1 saturated heterocycles. The van der Waals surface area contributed by atoms with E-state index in [0.29, 0.717) is 11.1 Å². The van der Waals surface area contributed by atoms with Gasteiger partial charge in [-0.2, -0.15) is 0 Å². The van der Waals surface area contributed by atoms with Crippen molar-refractivity contribution in [3.8, 4) is 0 Å². The Morgan fingerprint density at radius 3 is 2.68 bits per heavy atom. The predicted molar refractivity (Wildman–Crippen MR) is 76.7 cm³/mol. The summed E-state index contributed by atoms with van der Waals surface area (Å²) in [6, 6.07) is 5.71. The molecule has 1 fully saturated rings. The molecule has 0 amide bonds. The van der Waals surface area contributed by atoms with Crippen molar-refractivity contribution < 1.29 is 24.0 Å². The molecular weight excluding hydrogens is 290 g/mol. The van der Waals surface area contributed by atoms with E-state index in [1.54, 1.807) is 13.0 Å². The predicted octanol–water partition coefficient (Wildman–Crippen LogP) is 2.02. The maximum atomic E-state index is 11.7. The van der Waals surface area contributed by atoms with Gasteiger partial charge in [0, 0.05) is 18.2 Å². The highest BCUT2D eigenvalue weighted by Gasteiger charge is 2.32. The van der Waals surface area contributed by atoms with E-state index in [-0.39, 0.29) is 12.3 Å². The first-order valence-electron chi connectivity index (χ1n) is 6.47. The number of esters is 2. The van der Waals surface area contributed by atoms with Gasteiger partial charge in [-0.15, -0.1) is 0 Å². The Labute approximate surface area is 126 Å². The molecule has 1 aliphatic rings. The number of nitrogens with zero attached hydrogens (tertiary/aromatic N) is 1. The van der Waals surface area contributed by atoms with Crippen molar-refractivity contribution in [1.82, 2.24) is 0 Å². The van der Waals surface area contributed by atoms with Crippen molar-refractivity contribution >= 4 is 23.7 Å². The standard InChI is InChI=1S/C15H13NO6/c1-2-12-13(9-21-15(12)18)22-14(17)8-5-10-3-6-11(7-4-10)16(19)20/h2-8,13H,9H2,1H3/b8-5+,12-2+. The number of hydrogen-bond acceptors (Lipinski definition) is 6. The van der Waals surface area contributed by atoms with Crippen LogP contribution < -0.4 is 0 Å². The van der Waals surface area contributed by atoms with E-state index in [9.17, 15) is 19.7 Å². The molecule has 1 heterocycles. The van der Waals surface area contributed by atoms with Crippen molar-refractivity contribution in [3.63, 3.8) is 0 Å². The number of hydrogen-bond donors (Lipinski definition) is 0. The van der Waals surface area contributed by atoms with Gasteiger partial charge in [0.05, 0.1) is 10.5 Å². The van der Waals surface area contributed by atoms with Crippen molar-refractivity contribution in [2.45, 2.75) is 13.0 Å². The summed E-state index contributed by atoms with van der Waals surface area (Å²) in [6.07, 6.45) is 3.51. The zero-order chi connectivity index (χ0) is 16.1. The number of cyclic esters (lactones) is 1. The van der Waals surface area contributed by atoms with Crippen molar-refractivity contribution in [2.24, 2.45) is 0 Å². The molecule has 1 unspecified atom stereocenters. The zero-order valence-corrected chi connectivity index (χ0v) is 11.7. The maximum Gasteiger partial charge on any atom is 0.337 e. The normalized spacial score (nSPS) is 19.4. The van der Waals surface area contributed by atoms with Crippen molar-refractivity contribution in [3.05, 3.63) is 57.7 Å². The molecule has 0 radical (unpaired) electrons. The minimum absolute atomic E-state index is 0.00954. The summed E-state index contributed by atoms with van der Waals surface area (Å²) < 4.78 is 9.92. The molecule has 0 saturated carbocycles. The number of carbonyl (C=O) groups excluding carboxylic acids is 2. The SMILES string of the molecule is C/C=C1/C(=O)OCC1OC(=O)/C=C/c1ccc([N+](=O)[O-])cc1. The molecule has 7 heteroatoms. The Kier molecular flexibility index (Phi) is 4.67. The molecule has 22 heavy (non-hydrogen) atoms. The second-order valence-corrected chi connectivity index (χ2v) is 4.45. The quantitative estimate of drug-likeness (QED) is 0.365. The van der Waals surface area contributed by atoms with Gasteiger partial charge in [-0.3, -0.25) is 10.1 Å². The van der Waals surface area contributed by atoms with Gasteiger partial charge in [0.1, 0.15) is 6.61 Å². The van der Waals surface area contributed by atoms with Gasteiger partial charge in [-0.1, -0.05) is 6.08 Å². The topological polar surface area (TPSA) is 95.7 Å². The minimum atomic E-state index is -0.702. The monoisotopic (exact) mass is 303 g/mol. The highest BCUT2D eigenvalue weighted by Crippen LogP contribution is 2.18. The summed E-state index contributed by atoms with van der Waals surface area (Å²) >= 11 is 0. The van der Waals surface area contributed by atoms with Gasteiger partial charge >= 0.3 is 11.9 Å². The molecule has 1 aromatic rings. The van der Waals surface area contributed by atoms with Crippen LogP contribution in [0.4, 0.5) is 5.69 Å². The maximum absolute atomic E-state index is 11.7. The van der Waals surface area contributed by atoms with Crippen LogP contribution in [0.5, 0.6) is 0 Å². The molecule has 1 aliphatic heterocycles. The fourth-order valence-corrected chi connectivity index (χ4v) is 1.91. The number of nitro benzene ring substituents is 1. The van der Waals surface area contributed by atoms with Crippen LogP contribution >= 0.6 is 0 Å². The molecule has 0 aromatic heterocycles. The van der Waals surface area contributed by atoms with Gasteiger partial charge in [0.2, 0.25) is 0 Å². The van der Waals surface area contributed by atoms with Crippen LogP contribution in [0.15, 0.2) is 42.0 Å². The lowest BCUT2D eigenvalue weighted by molar-refractivity contribution is -0.384. The number of ether oxygens (including phenoxy) is 2. The van der Waals surface area contributed by atoms with E-state index in [2.05, 4.69) is 0 Å². The van der Waals surface area contributed by atoms with Crippen molar-refractivity contribution in [1.29, 1.82) is 0 Å². The number of nitro groups is 1. The van der Waals surface area contributed by atoms with Gasteiger partial charge in [0.15, 0.2) is 6.10 Å². The lowest BCUT2D eigenvalue weighted by atomic mass is 10.2. The molecule has 114 valence electrons. The van der Waals surface area contributed by atoms with Crippen LogP contribution in [0.2, 0.25) is 0 Å².